The van der Waals surface area contributed by atoms with E-state index in [0.29, 0.717) is 10.9 Å². The molecule has 0 aromatic carbocycles. The van der Waals surface area contributed by atoms with Gasteiger partial charge in [-0.1, -0.05) is 12.7 Å². The molecule has 0 fully saturated rings. The van der Waals surface area contributed by atoms with Gasteiger partial charge in [0.15, 0.2) is 6.23 Å². The van der Waals surface area contributed by atoms with Crippen molar-refractivity contribution in [2.75, 3.05) is 20.1 Å². The maximum Gasteiger partial charge on any atom is 0.194 e. The molecule has 0 aliphatic rings. The first-order chi connectivity index (χ1) is 5.60. The Hall–Kier alpha value is -0.600. The summed E-state index contributed by atoms with van der Waals surface area (Å²) >= 11 is 0. The van der Waals surface area contributed by atoms with E-state index in [1.54, 1.807) is 6.08 Å². The minimum Gasteiger partial charge on any atom is -0.344 e. The molecular formula is C10H20NO+. The molecular weight excluding hydrogens is 150 g/mol. The van der Waals surface area contributed by atoms with Gasteiger partial charge in [0.1, 0.15) is 0 Å². The highest BCUT2D eigenvalue weighted by Crippen LogP contribution is 2.11. The third-order valence-corrected chi connectivity index (χ3v) is 2.37. The van der Waals surface area contributed by atoms with Gasteiger partial charge in [-0.2, -0.15) is 0 Å². The number of quaternary nitrogens is 1. The van der Waals surface area contributed by atoms with Crippen molar-refractivity contribution in [2.24, 2.45) is 0 Å². The average Bonchev–Trinajstić information content (AvgIpc) is 2.05. The minimum atomic E-state index is -0.356. The quantitative estimate of drug-likeness (QED) is 0.364. The summed E-state index contributed by atoms with van der Waals surface area (Å²) in [6, 6.07) is 0. The molecule has 0 bridgehead atoms. The molecule has 0 heterocycles. The van der Waals surface area contributed by atoms with Crippen LogP contribution in [0.25, 0.3) is 0 Å². The lowest BCUT2D eigenvalue weighted by atomic mass is 10.2. The fourth-order valence-corrected chi connectivity index (χ4v) is 1.16. The van der Waals surface area contributed by atoms with Gasteiger partial charge in [0.2, 0.25) is 0 Å². The third-order valence-electron chi connectivity index (χ3n) is 2.37. The van der Waals surface area contributed by atoms with Gasteiger partial charge in [0.05, 0.1) is 20.1 Å². The first-order valence-corrected chi connectivity index (χ1v) is 4.34. The molecule has 0 radical (unpaired) electrons. The lowest BCUT2D eigenvalue weighted by molar-refractivity contribution is -0.947. The Morgan fingerprint density at radius 3 is 2.33 bits per heavy atom. The smallest absolute Gasteiger partial charge is 0.194 e. The lowest BCUT2D eigenvalue weighted by Gasteiger charge is -2.36. The van der Waals surface area contributed by atoms with E-state index in [1.807, 2.05) is 13.1 Å². The standard InChI is InChI=1S/C10H20NO/c1-5-8-10(12)11(4,7-3)9-6-2/h5-6,10,12H,1-2,7-9H2,3-4H3/q+1. The van der Waals surface area contributed by atoms with Gasteiger partial charge in [-0.3, -0.25) is 4.48 Å². The summed E-state index contributed by atoms with van der Waals surface area (Å²) in [5, 5.41) is 9.75. The number of likely N-dealkylation sites (N-methyl/N-ethyl adjacent to an activating group) is 1. The molecule has 2 heteroatoms. The van der Waals surface area contributed by atoms with E-state index in [1.165, 1.54) is 0 Å². The Morgan fingerprint density at radius 2 is 2.00 bits per heavy atom. The molecule has 0 amide bonds. The highest BCUT2D eigenvalue weighted by Gasteiger charge is 2.26. The van der Waals surface area contributed by atoms with Gasteiger partial charge in [-0.05, 0) is 13.0 Å². The van der Waals surface area contributed by atoms with E-state index in [0.717, 1.165) is 13.1 Å². The van der Waals surface area contributed by atoms with Crippen LogP contribution in [-0.4, -0.2) is 36.0 Å². The van der Waals surface area contributed by atoms with Gasteiger partial charge in [0.25, 0.3) is 0 Å². The lowest BCUT2D eigenvalue weighted by Crippen LogP contribution is -2.51. The minimum absolute atomic E-state index is 0.356. The molecule has 0 aromatic heterocycles. The van der Waals surface area contributed by atoms with Crippen LogP contribution in [0.1, 0.15) is 13.3 Å². The van der Waals surface area contributed by atoms with Crippen molar-refractivity contribution in [3.05, 3.63) is 25.3 Å². The SMILES string of the molecule is C=CCC(O)[N+](C)(CC)CC=C. The van der Waals surface area contributed by atoms with Gasteiger partial charge in [-0.25, -0.2) is 0 Å². The average molecular weight is 170 g/mol. The first-order valence-electron chi connectivity index (χ1n) is 4.34. The zero-order chi connectivity index (χ0) is 9.61. The zero-order valence-corrected chi connectivity index (χ0v) is 8.16. The van der Waals surface area contributed by atoms with E-state index in [-0.39, 0.29) is 6.23 Å². The van der Waals surface area contributed by atoms with Gasteiger partial charge in [-0.15, -0.1) is 6.58 Å². The zero-order valence-electron chi connectivity index (χ0n) is 8.16. The van der Waals surface area contributed by atoms with Gasteiger partial charge < -0.3 is 5.11 Å². The van der Waals surface area contributed by atoms with E-state index in [2.05, 4.69) is 20.1 Å². The topological polar surface area (TPSA) is 20.2 Å². The number of nitrogens with zero attached hydrogens (tertiary/aromatic N) is 1. The van der Waals surface area contributed by atoms with Crippen LogP contribution in [0.5, 0.6) is 0 Å². The second-order valence-electron chi connectivity index (χ2n) is 3.27. The normalized spacial score (nSPS) is 17.9. The Bertz CT molecular complexity index is 156. The molecule has 70 valence electrons. The van der Waals surface area contributed by atoms with Gasteiger partial charge in [0, 0.05) is 6.42 Å². The Labute approximate surface area is 75.4 Å². The highest BCUT2D eigenvalue weighted by atomic mass is 16.3. The van der Waals surface area contributed by atoms with Crippen LogP contribution in [-0.2, 0) is 0 Å². The van der Waals surface area contributed by atoms with Crippen LogP contribution in [0.2, 0.25) is 0 Å². The van der Waals surface area contributed by atoms with Crippen molar-refractivity contribution < 1.29 is 9.59 Å². The van der Waals surface area contributed by atoms with E-state index >= 15 is 0 Å². The van der Waals surface area contributed by atoms with Crippen LogP contribution >= 0.6 is 0 Å². The largest absolute Gasteiger partial charge is 0.344 e. The Kier molecular flexibility index (Phi) is 4.86. The van der Waals surface area contributed by atoms with Crippen LogP contribution in [0.4, 0.5) is 0 Å². The fourth-order valence-electron chi connectivity index (χ4n) is 1.16. The summed E-state index contributed by atoms with van der Waals surface area (Å²) in [6.07, 6.45) is 3.87. The molecule has 0 spiro atoms. The van der Waals surface area contributed by atoms with Crippen molar-refractivity contribution in [3.63, 3.8) is 0 Å². The van der Waals surface area contributed by atoms with Crippen LogP contribution < -0.4 is 0 Å². The van der Waals surface area contributed by atoms with Crippen molar-refractivity contribution in [2.45, 2.75) is 19.6 Å². The summed E-state index contributed by atoms with van der Waals surface area (Å²) in [6.45, 7) is 11.1. The van der Waals surface area contributed by atoms with Crippen LogP contribution in [0.15, 0.2) is 25.3 Å². The maximum atomic E-state index is 9.75. The summed E-state index contributed by atoms with van der Waals surface area (Å²) in [4.78, 5) is 0. The molecule has 2 unspecified atom stereocenters. The monoisotopic (exact) mass is 170 g/mol. The molecule has 2 atom stereocenters. The van der Waals surface area contributed by atoms with Crippen molar-refractivity contribution in [1.82, 2.24) is 0 Å². The van der Waals surface area contributed by atoms with Crippen molar-refractivity contribution in [3.8, 4) is 0 Å². The number of hydrogen-bond acceptors (Lipinski definition) is 1. The van der Waals surface area contributed by atoms with Gasteiger partial charge >= 0.3 is 0 Å². The molecule has 1 N–H and O–H groups in total. The summed E-state index contributed by atoms with van der Waals surface area (Å²) < 4.78 is 0.621. The van der Waals surface area contributed by atoms with Crippen LogP contribution in [0, 0.1) is 0 Å². The maximum absolute atomic E-state index is 9.75. The predicted octanol–water partition coefficient (Wildman–Crippen LogP) is 1.53. The molecule has 12 heavy (non-hydrogen) atoms. The highest BCUT2D eigenvalue weighted by molar-refractivity contribution is 4.71. The van der Waals surface area contributed by atoms with Crippen LogP contribution in [0.3, 0.4) is 0 Å². The van der Waals surface area contributed by atoms with E-state index in [4.69, 9.17) is 0 Å². The molecule has 0 saturated carbocycles. The second-order valence-corrected chi connectivity index (χ2v) is 3.27. The molecule has 2 nitrogen and oxygen atoms in total. The predicted molar refractivity (Wildman–Crippen MR) is 52.6 cm³/mol. The van der Waals surface area contributed by atoms with Crippen molar-refractivity contribution >= 4 is 0 Å². The summed E-state index contributed by atoms with van der Waals surface area (Å²) in [5.41, 5.74) is 0. The van der Waals surface area contributed by atoms with E-state index in [9.17, 15) is 5.11 Å². The number of aliphatic hydroxyl groups is 1. The summed E-state index contributed by atoms with van der Waals surface area (Å²) in [7, 11) is 2.02. The van der Waals surface area contributed by atoms with E-state index < -0.39 is 0 Å². The Morgan fingerprint density at radius 1 is 1.42 bits per heavy atom. The molecule has 0 aliphatic carbocycles. The molecule has 0 aromatic rings. The number of rotatable bonds is 6. The molecule has 0 aliphatic heterocycles. The second kappa shape index (κ2) is 5.12. The molecule has 0 saturated heterocycles. The number of aliphatic hydroxyl groups excluding tert-OH is 1. The summed E-state index contributed by atoms with van der Waals surface area (Å²) in [5.74, 6) is 0. The third kappa shape index (κ3) is 2.80. The first kappa shape index (κ1) is 11.4. The molecule has 0 rings (SSSR count). The van der Waals surface area contributed by atoms with Crippen molar-refractivity contribution in [1.29, 1.82) is 0 Å². The Balaban J connectivity index is 4.26. The fraction of sp³-hybridized carbons (Fsp3) is 0.600. The number of hydrogen-bond donors (Lipinski definition) is 1.